The lowest BCUT2D eigenvalue weighted by Gasteiger charge is -2.09. The Morgan fingerprint density at radius 1 is 0.304 bits per heavy atom. The van der Waals surface area contributed by atoms with Crippen molar-refractivity contribution in [2.24, 2.45) is 0 Å². The van der Waals surface area contributed by atoms with Crippen LogP contribution in [0.2, 0.25) is 0 Å². The Kier molecular flexibility index (Phi) is 5.22. The first-order valence-electron chi connectivity index (χ1n) is 15.3. The summed E-state index contributed by atoms with van der Waals surface area (Å²) in [5, 5.41) is 8.88. The molecule has 0 saturated heterocycles. The van der Waals surface area contributed by atoms with E-state index in [1.165, 1.54) is 10.8 Å². The maximum atomic E-state index is 6.40. The first-order chi connectivity index (χ1) is 22.7. The van der Waals surface area contributed by atoms with E-state index in [1.54, 1.807) is 0 Å². The fourth-order valence-corrected chi connectivity index (χ4v) is 6.56. The number of hydrogen-bond acceptors (Lipinski definition) is 5. The molecule has 46 heavy (non-hydrogen) atoms. The van der Waals surface area contributed by atoms with Crippen LogP contribution in [0.5, 0.6) is 0 Å². The predicted molar refractivity (Wildman–Crippen MR) is 186 cm³/mol. The highest BCUT2D eigenvalue weighted by atomic mass is 16.3. The summed E-state index contributed by atoms with van der Waals surface area (Å²) in [4.78, 5) is 15.1. The van der Waals surface area contributed by atoms with E-state index in [2.05, 4.69) is 84.9 Å². The molecule has 214 valence electrons. The molecule has 0 spiro atoms. The molecule has 0 bridgehead atoms. The smallest absolute Gasteiger partial charge is 0.164 e. The van der Waals surface area contributed by atoms with Gasteiger partial charge < -0.3 is 8.83 Å². The highest BCUT2D eigenvalue weighted by molar-refractivity contribution is 6.10. The molecule has 0 radical (unpaired) electrons. The number of nitrogens with zero attached hydrogens (tertiary/aromatic N) is 3. The Hall–Kier alpha value is -6.33. The van der Waals surface area contributed by atoms with Gasteiger partial charge in [-0.15, -0.1) is 0 Å². The van der Waals surface area contributed by atoms with Gasteiger partial charge in [0.2, 0.25) is 0 Å². The molecular weight excluding hydrogens is 566 g/mol. The van der Waals surface area contributed by atoms with Gasteiger partial charge in [-0.1, -0.05) is 84.9 Å². The highest BCUT2D eigenvalue weighted by Crippen LogP contribution is 2.36. The van der Waals surface area contributed by atoms with Crippen LogP contribution in [0.3, 0.4) is 0 Å². The van der Waals surface area contributed by atoms with E-state index in [9.17, 15) is 0 Å². The van der Waals surface area contributed by atoms with Gasteiger partial charge in [-0.3, -0.25) is 0 Å². The zero-order chi connectivity index (χ0) is 30.2. The SMILES string of the molecule is c1ccc2cc(-c3nc(-c4ccc5c(c4)oc4cc6ccccc6cc45)nc(-c4ccc5oc6ccccc6c5c4)n3)ccc2c1. The molecule has 7 aromatic carbocycles. The molecule has 0 aliphatic carbocycles. The van der Waals surface area contributed by atoms with Crippen LogP contribution in [0.1, 0.15) is 0 Å². The standard InChI is InChI=1S/C41H23N3O2/c1-2-8-25-19-28(14-13-24(25)7-1)39-42-40(29-16-18-36-33(21-29)31-11-5-6-12-35(31)45-36)44-41(43-39)30-15-17-32-34-20-26-9-3-4-10-27(26)22-38(34)46-37(32)23-30/h1-23H. The van der Waals surface area contributed by atoms with Gasteiger partial charge in [0, 0.05) is 38.2 Å². The molecular formula is C41H23N3O2. The van der Waals surface area contributed by atoms with E-state index < -0.39 is 0 Å². The van der Waals surface area contributed by atoms with Gasteiger partial charge in [0.05, 0.1) is 0 Å². The second-order valence-corrected chi connectivity index (χ2v) is 11.7. The monoisotopic (exact) mass is 589 g/mol. The van der Waals surface area contributed by atoms with Gasteiger partial charge in [-0.2, -0.15) is 0 Å². The third kappa shape index (κ3) is 3.92. The number of benzene rings is 7. The Morgan fingerprint density at radius 3 is 1.61 bits per heavy atom. The highest BCUT2D eigenvalue weighted by Gasteiger charge is 2.17. The molecule has 0 saturated carbocycles. The number of rotatable bonds is 3. The summed E-state index contributed by atoms with van der Waals surface area (Å²) in [5.74, 6) is 1.79. The van der Waals surface area contributed by atoms with Crippen LogP contribution in [0, 0.1) is 0 Å². The van der Waals surface area contributed by atoms with Crippen LogP contribution in [-0.2, 0) is 0 Å². The fraction of sp³-hybridized carbons (Fsp3) is 0. The lowest BCUT2D eigenvalue weighted by molar-refractivity contribution is 0.668. The van der Waals surface area contributed by atoms with E-state index in [1.807, 2.05) is 54.6 Å². The van der Waals surface area contributed by atoms with Crippen molar-refractivity contribution in [3.8, 4) is 34.2 Å². The van der Waals surface area contributed by atoms with Crippen molar-refractivity contribution >= 4 is 65.4 Å². The molecule has 0 fully saturated rings. The second-order valence-electron chi connectivity index (χ2n) is 11.7. The third-order valence-corrected chi connectivity index (χ3v) is 8.88. The van der Waals surface area contributed by atoms with Crippen LogP contribution >= 0.6 is 0 Å². The number of para-hydroxylation sites is 1. The maximum Gasteiger partial charge on any atom is 0.164 e. The molecule has 3 heterocycles. The Balaban J connectivity index is 1.18. The van der Waals surface area contributed by atoms with Crippen molar-refractivity contribution < 1.29 is 8.83 Å². The molecule has 0 unspecified atom stereocenters. The Morgan fingerprint density at radius 2 is 0.804 bits per heavy atom. The molecule has 5 heteroatoms. The zero-order valence-corrected chi connectivity index (χ0v) is 24.4. The van der Waals surface area contributed by atoms with E-state index in [-0.39, 0.29) is 0 Å². The number of aromatic nitrogens is 3. The number of furan rings is 2. The van der Waals surface area contributed by atoms with Crippen molar-refractivity contribution in [1.82, 2.24) is 15.0 Å². The molecule has 0 N–H and O–H groups in total. The largest absolute Gasteiger partial charge is 0.456 e. The summed E-state index contributed by atoms with van der Waals surface area (Å²) in [6.07, 6.45) is 0. The van der Waals surface area contributed by atoms with Gasteiger partial charge in [0.1, 0.15) is 22.3 Å². The second kappa shape index (κ2) is 9.58. The predicted octanol–water partition coefficient (Wildman–Crippen LogP) is 11.0. The minimum absolute atomic E-state index is 0.581. The molecule has 0 aliphatic rings. The molecule has 0 amide bonds. The first-order valence-corrected chi connectivity index (χ1v) is 15.3. The molecule has 3 aromatic heterocycles. The quantitative estimate of drug-likeness (QED) is 0.205. The molecule has 0 aliphatic heterocycles. The topological polar surface area (TPSA) is 65.0 Å². The average Bonchev–Trinajstić information content (AvgIpc) is 3.67. The minimum atomic E-state index is 0.581. The number of hydrogen-bond donors (Lipinski definition) is 0. The van der Waals surface area contributed by atoms with Crippen LogP contribution in [0.4, 0.5) is 0 Å². The minimum Gasteiger partial charge on any atom is -0.456 e. The number of fused-ring (bicyclic) bond motifs is 8. The fourth-order valence-electron chi connectivity index (χ4n) is 6.56. The Bertz CT molecular complexity index is 2830. The van der Waals surface area contributed by atoms with E-state index in [4.69, 9.17) is 23.8 Å². The summed E-state index contributed by atoms with van der Waals surface area (Å²) >= 11 is 0. The summed E-state index contributed by atoms with van der Waals surface area (Å²) in [5.41, 5.74) is 6.02. The van der Waals surface area contributed by atoms with Crippen molar-refractivity contribution in [2.45, 2.75) is 0 Å². The first kappa shape index (κ1) is 25.0. The molecule has 5 nitrogen and oxygen atoms in total. The molecule has 0 atom stereocenters. The summed E-state index contributed by atoms with van der Waals surface area (Å²) in [6.45, 7) is 0. The van der Waals surface area contributed by atoms with Gasteiger partial charge >= 0.3 is 0 Å². The molecule has 10 aromatic rings. The van der Waals surface area contributed by atoms with Crippen LogP contribution < -0.4 is 0 Å². The van der Waals surface area contributed by atoms with Gasteiger partial charge in [0.15, 0.2) is 17.5 Å². The lowest BCUT2D eigenvalue weighted by Crippen LogP contribution is -2.00. The van der Waals surface area contributed by atoms with Crippen LogP contribution in [0.25, 0.3) is 99.6 Å². The van der Waals surface area contributed by atoms with Crippen molar-refractivity contribution in [1.29, 1.82) is 0 Å². The van der Waals surface area contributed by atoms with Crippen molar-refractivity contribution in [2.75, 3.05) is 0 Å². The average molecular weight is 590 g/mol. The van der Waals surface area contributed by atoms with E-state index in [0.717, 1.165) is 71.3 Å². The third-order valence-electron chi connectivity index (χ3n) is 8.88. The van der Waals surface area contributed by atoms with Crippen LogP contribution in [0.15, 0.2) is 148 Å². The molecule has 10 rings (SSSR count). The Labute approximate surface area is 262 Å². The van der Waals surface area contributed by atoms with Crippen molar-refractivity contribution in [3.63, 3.8) is 0 Å². The lowest BCUT2D eigenvalue weighted by atomic mass is 10.0. The zero-order valence-electron chi connectivity index (χ0n) is 24.4. The summed E-state index contributed by atoms with van der Waals surface area (Å²) in [6, 6.07) is 47.7. The van der Waals surface area contributed by atoms with E-state index >= 15 is 0 Å². The van der Waals surface area contributed by atoms with Crippen LogP contribution in [-0.4, -0.2) is 15.0 Å². The van der Waals surface area contributed by atoms with Gasteiger partial charge in [0.25, 0.3) is 0 Å². The normalized spacial score (nSPS) is 11.9. The van der Waals surface area contributed by atoms with Crippen molar-refractivity contribution in [3.05, 3.63) is 140 Å². The van der Waals surface area contributed by atoms with E-state index in [0.29, 0.717) is 17.5 Å². The summed E-state index contributed by atoms with van der Waals surface area (Å²) < 4.78 is 12.5. The van der Waals surface area contributed by atoms with Gasteiger partial charge in [-0.25, -0.2) is 15.0 Å². The summed E-state index contributed by atoms with van der Waals surface area (Å²) in [7, 11) is 0. The van der Waals surface area contributed by atoms with Gasteiger partial charge in [-0.05, 0) is 76.1 Å². The maximum absolute atomic E-state index is 6.40.